The zero-order valence-electron chi connectivity index (χ0n) is 10.7. The number of benzene rings is 1. The van der Waals surface area contributed by atoms with Crippen LogP contribution in [0.5, 0.6) is 5.75 Å². The third-order valence-corrected chi connectivity index (χ3v) is 5.08. The van der Waals surface area contributed by atoms with Crippen LogP contribution in [-0.2, 0) is 10.0 Å². The minimum Gasteiger partial charge on any atom is -0.496 e. The molecule has 0 bridgehead atoms. The number of hydrogen-bond donors (Lipinski definition) is 2. The number of rotatable bonds is 5. The van der Waals surface area contributed by atoms with Crippen molar-refractivity contribution in [3.05, 3.63) is 39.5 Å². The summed E-state index contributed by atoms with van der Waals surface area (Å²) in [4.78, 5) is 10.8. The molecule has 0 aliphatic carbocycles. The van der Waals surface area contributed by atoms with Crippen molar-refractivity contribution in [1.82, 2.24) is 0 Å². The molecule has 0 fully saturated rings. The minimum absolute atomic E-state index is 0.0856. The summed E-state index contributed by atoms with van der Waals surface area (Å²) in [5.74, 6) is -1.35. The fourth-order valence-corrected chi connectivity index (χ4v) is 3.87. The van der Waals surface area contributed by atoms with Crippen molar-refractivity contribution in [2.75, 3.05) is 11.8 Å². The third-order valence-electron chi connectivity index (χ3n) is 2.55. The van der Waals surface area contributed by atoms with E-state index in [-0.39, 0.29) is 21.2 Å². The smallest absolute Gasteiger partial charge is 0.339 e. The van der Waals surface area contributed by atoms with Crippen molar-refractivity contribution in [1.29, 1.82) is 0 Å². The Labute approximate surface area is 130 Å². The molecule has 112 valence electrons. The van der Waals surface area contributed by atoms with E-state index in [4.69, 9.17) is 21.4 Å². The lowest BCUT2D eigenvalue weighted by molar-refractivity contribution is 0.0693. The van der Waals surface area contributed by atoms with Crippen molar-refractivity contribution < 1.29 is 23.1 Å². The standard InChI is InChI=1S/C12H10ClNO5S2/c1-19-10-5-11(9(13)4-8(10)12(15)16)21(17,18)14-7-2-3-20-6-7/h2-6,14H,1H3,(H,15,16). The van der Waals surface area contributed by atoms with Gasteiger partial charge in [0.05, 0.1) is 17.8 Å². The van der Waals surface area contributed by atoms with Crippen LogP contribution in [0.3, 0.4) is 0 Å². The SMILES string of the molecule is COc1cc(S(=O)(=O)Nc2ccsc2)c(Cl)cc1C(=O)O. The molecule has 0 saturated carbocycles. The Morgan fingerprint density at radius 1 is 1.43 bits per heavy atom. The van der Waals surface area contributed by atoms with Crippen molar-refractivity contribution in [2.24, 2.45) is 0 Å². The molecular weight excluding hydrogens is 338 g/mol. The largest absolute Gasteiger partial charge is 0.496 e. The molecule has 0 aliphatic rings. The highest BCUT2D eigenvalue weighted by Gasteiger charge is 2.23. The van der Waals surface area contributed by atoms with Gasteiger partial charge >= 0.3 is 5.97 Å². The quantitative estimate of drug-likeness (QED) is 0.867. The van der Waals surface area contributed by atoms with Gasteiger partial charge in [-0.3, -0.25) is 4.72 Å². The molecule has 1 aromatic heterocycles. The number of carboxylic acid groups (broad SMARTS) is 1. The highest BCUT2D eigenvalue weighted by Crippen LogP contribution is 2.31. The number of thiophene rings is 1. The van der Waals surface area contributed by atoms with E-state index in [9.17, 15) is 13.2 Å². The van der Waals surface area contributed by atoms with Crippen LogP contribution < -0.4 is 9.46 Å². The van der Waals surface area contributed by atoms with Gasteiger partial charge in [0.25, 0.3) is 10.0 Å². The van der Waals surface area contributed by atoms with Crippen molar-refractivity contribution in [3.63, 3.8) is 0 Å². The highest BCUT2D eigenvalue weighted by atomic mass is 35.5. The van der Waals surface area contributed by atoms with Crippen LogP contribution in [0.25, 0.3) is 0 Å². The first-order chi connectivity index (χ1) is 9.85. The molecule has 0 aliphatic heterocycles. The van der Waals surface area contributed by atoms with Crippen LogP contribution in [0.2, 0.25) is 5.02 Å². The number of sulfonamides is 1. The predicted molar refractivity (Wildman–Crippen MR) is 80.1 cm³/mol. The molecule has 0 radical (unpaired) electrons. The summed E-state index contributed by atoms with van der Waals surface area (Å²) in [6.45, 7) is 0. The van der Waals surface area contributed by atoms with Crippen LogP contribution in [0.4, 0.5) is 5.69 Å². The lowest BCUT2D eigenvalue weighted by Gasteiger charge is -2.11. The van der Waals surface area contributed by atoms with Gasteiger partial charge in [-0.15, -0.1) is 0 Å². The van der Waals surface area contributed by atoms with E-state index in [2.05, 4.69) is 4.72 Å². The first-order valence-corrected chi connectivity index (χ1v) is 8.31. The number of hydrogen-bond acceptors (Lipinski definition) is 5. The number of ether oxygens (including phenoxy) is 1. The molecule has 0 saturated heterocycles. The third kappa shape index (κ3) is 3.29. The Hall–Kier alpha value is -1.77. The molecule has 0 amide bonds. The van der Waals surface area contributed by atoms with Crippen molar-refractivity contribution in [3.8, 4) is 5.75 Å². The van der Waals surface area contributed by atoms with Crippen LogP contribution in [0, 0.1) is 0 Å². The molecule has 6 nitrogen and oxygen atoms in total. The summed E-state index contributed by atoms with van der Waals surface area (Å²) in [5.41, 5.74) is 0.189. The topological polar surface area (TPSA) is 92.7 Å². The number of halogens is 1. The van der Waals surface area contributed by atoms with E-state index < -0.39 is 16.0 Å². The van der Waals surface area contributed by atoms with Gasteiger partial charge in [0, 0.05) is 11.4 Å². The summed E-state index contributed by atoms with van der Waals surface area (Å²) >= 11 is 7.22. The number of carboxylic acids is 1. The number of methoxy groups -OCH3 is 1. The zero-order chi connectivity index (χ0) is 15.6. The maximum absolute atomic E-state index is 12.3. The molecule has 2 N–H and O–H groups in total. The number of carbonyl (C=O) groups is 1. The molecule has 0 unspecified atom stereocenters. The molecule has 9 heteroatoms. The Bertz CT molecular complexity index is 771. The van der Waals surface area contributed by atoms with E-state index in [1.54, 1.807) is 16.8 Å². The highest BCUT2D eigenvalue weighted by molar-refractivity contribution is 7.92. The molecule has 0 atom stereocenters. The predicted octanol–water partition coefficient (Wildman–Crippen LogP) is 2.91. The van der Waals surface area contributed by atoms with Crippen LogP contribution in [0.1, 0.15) is 10.4 Å². The Balaban J connectivity index is 2.51. The fourth-order valence-electron chi connectivity index (χ4n) is 1.61. The number of nitrogens with one attached hydrogen (secondary N) is 1. The van der Waals surface area contributed by atoms with Gasteiger partial charge in [0.2, 0.25) is 0 Å². The lowest BCUT2D eigenvalue weighted by atomic mass is 10.2. The van der Waals surface area contributed by atoms with Crippen LogP contribution >= 0.6 is 22.9 Å². The van der Waals surface area contributed by atoms with Crippen molar-refractivity contribution >= 4 is 44.6 Å². The average molecular weight is 348 g/mol. The first-order valence-electron chi connectivity index (χ1n) is 5.51. The summed E-state index contributed by atoms with van der Waals surface area (Å²) < 4.78 is 31.8. The second-order valence-electron chi connectivity index (χ2n) is 3.91. The lowest BCUT2D eigenvalue weighted by Crippen LogP contribution is -2.14. The summed E-state index contributed by atoms with van der Waals surface area (Å²) in [5, 5.41) is 12.2. The monoisotopic (exact) mass is 347 g/mol. The van der Waals surface area contributed by atoms with E-state index in [0.717, 1.165) is 12.1 Å². The molecule has 1 aromatic carbocycles. The second-order valence-corrected chi connectivity index (χ2v) is 6.74. The Morgan fingerprint density at radius 2 is 2.14 bits per heavy atom. The maximum Gasteiger partial charge on any atom is 0.339 e. The molecule has 21 heavy (non-hydrogen) atoms. The van der Waals surface area contributed by atoms with E-state index in [1.165, 1.54) is 18.4 Å². The van der Waals surface area contributed by atoms with Gasteiger partial charge in [-0.2, -0.15) is 11.3 Å². The number of aromatic carboxylic acids is 1. The Kier molecular flexibility index (Phi) is 4.40. The Morgan fingerprint density at radius 3 is 2.67 bits per heavy atom. The molecule has 2 aromatic rings. The van der Waals surface area contributed by atoms with Crippen LogP contribution in [0.15, 0.2) is 33.9 Å². The minimum atomic E-state index is -3.94. The molecule has 2 rings (SSSR count). The first kappa shape index (κ1) is 15.6. The fraction of sp³-hybridized carbons (Fsp3) is 0.0833. The number of anilines is 1. The van der Waals surface area contributed by atoms with Gasteiger partial charge in [-0.25, -0.2) is 13.2 Å². The zero-order valence-corrected chi connectivity index (χ0v) is 13.1. The molecule has 1 heterocycles. The average Bonchev–Trinajstić information content (AvgIpc) is 2.90. The van der Waals surface area contributed by atoms with Gasteiger partial charge in [0.1, 0.15) is 16.2 Å². The van der Waals surface area contributed by atoms with E-state index >= 15 is 0 Å². The summed E-state index contributed by atoms with van der Waals surface area (Å²) in [7, 11) is -2.69. The van der Waals surface area contributed by atoms with E-state index in [1.807, 2.05) is 0 Å². The molecule has 0 spiro atoms. The van der Waals surface area contributed by atoms with Gasteiger partial charge < -0.3 is 9.84 Å². The summed E-state index contributed by atoms with van der Waals surface area (Å²) in [6.07, 6.45) is 0. The van der Waals surface area contributed by atoms with Crippen molar-refractivity contribution in [2.45, 2.75) is 4.90 Å². The van der Waals surface area contributed by atoms with Gasteiger partial charge in [0.15, 0.2) is 0 Å². The normalized spacial score (nSPS) is 11.1. The maximum atomic E-state index is 12.3. The van der Waals surface area contributed by atoms with Gasteiger partial charge in [-0.05, 0) is 17.5 Å². The van der Waals surface area contributed by atoms with E-state index in [0.29, 0.717) is 5.69 Å². The van der Waals surface area contributed by atoms with Crippen LogP contribution in [-0.4, -0.2) is 26.6 Å². The van der Waals surface area contributed by atoms with Gasteiger partial charge in [-0.1, -0.05) is 11.6 Å². The molecular formula is C12H10ClNO5S2. The summed E-state index contributed by atoms with van der Waals surface area (Å²) in [6, 6.07) is 3.73. The second kappa shape index (κ2) is 5.92.